The van der Waals surface area contributed by atoms with E-state index < -0.39 is 5.54 Å². The first-order valence-electron chi connectivity index (χ1n) is 9.27. The maximum Gasteiger partial charge on any atom is 0.0633 e. The molecule has 0 atom stereocenters. The molecule has 2 aromatic carbocycles. The minimum Gasteiger partial charge on any atom is -0.394 e. The van der Waals surface area contributed by atoms with Crippen LogP contribution < -0.4 is 5.73 Å². The van der Waals surface area contributed by atoms with E-state index in [1.807, 2.05) is 0 Å². The Labute approximate surface area is 151 Å². The van der Waals surface area contributed by atoms with E-state index in [9.17, 15) is 10.2 Å². The van der Waals surface area contributed by atoms with E-state index in [1.165, 1.54) is 36.0 Å². The topological polar surface area (TPSA) is 66.5 Å². The van der Waals surface area contributed by atoms with Crippen LogP contribution >= 0.6 is 0 Å². The Morgan fingerprint density at radius 1 is 0.640 bits per heavy atom. The molecule has 0 saturated carbocycles. The number of aliphatic hydroxyl groups excluding tert-OH is 2. The lowest BCUT2D eigenvalue weighted by Gasteiger charge is -2.24. The maximum atomic E-state index is 9.24. The third kappa shape index (κ3) is 6.99. The van der Waals surface area contributed by atoms with Gasteiger partial charge in [0.05, 0.1) is 18.8 Å². The highest BCUT2D eigenvalue weighted by molar-refractivity contribution is 5.23. The Morgan fingerprint density at radius 2 is 1.12 bits per heavy atom. The SMILES string of the molecule is NC(CO)(CO)CCc1ccc(CCCCCc2ccccc2)cc1. The third-order valence-corrected chi connectivity index (χ3v) is 4.84. The number of hydrogen-bond donors (Lipinski definition) is 3. The second kappa shape index (κ2) is 10.3. The predicted octanol–water partition coefficient (Wildman–Crippen LogP) is 3.26. The fourth-order valence-electron chi connectivity index (χ4n) is 2.95. The second-order valence-corrected chi connectivity index (χ2v) is 7.04. The van der Waals surface area contributed by atoms with Crippen molar-refractivity contribution < 1.29 is 10.2 Å². The van der Waals surface area contributed by atoms with Gasteiger partial charge in [-0.3, -0.25) is 0 Å². The van der Waals surface area contributed by atoms with Gasteiger partial charge in [-0.15, -0.1) is 0 Å². The highest BCUT2D eigenvalue weighted by Gasteiger charge is 2.22. The summed E-state index contributed by atoms with van der Waals surface area (Å²) in [6.07, 6.45) is 7.34. The molecular formula is C22H31NO2. The molecule has 2 aromatic rings. The van der Waals surface area contributed by atoms with Gasteiger partial charge in [0, 0.05) is 0 Å². The number of unbranched alkanes of at least 4 members (excludes halogenated alkanes) is 2. The van der Waals surface area contributed by atoms with Crippen LogP contribution in [0.25, 0.3) is 0 Å². The zero-order valence-corrected chi connectivity index (χ0v) is 15.0. The summed E-state index contributed by atoms with van der Waals surface area (Å²) in [7, 11) is 0. The van der Waals surface area contributed by atoms with E-state index in [0.717, 1.165) is 19.3 Å². The summed E-state index contributed by atoms with van der Waals surface area (Å²) >= 11 is 0. The Morgan fingerprint density at radius 3 is 1.64 bits per heavy atom. The second-order valence-electron chi connectivity index (χ2n) is 7.04. The molecule has 0 aliphatic heterocycles. The molecule has 3 nitrogen and oxygen atoms in total. The van der Waals surface area contributed by atoms with Gasteiger partial charge in [0.2, 0.25) is 0 Å². The Kier molecular flexibility index (Phi) is 8.13. The molecule has 2 rings (SSSR count). The fourth-order valence-corrected chi connectivity index (χ4v) is 2.95. The van der Waals surface area contributed by atoms with Gasteiger partial charge in [-0.25, -0.2) is 0 Å². The molecule has 136 valence electrons. The van der Waals surface area contributed by atoms with Crippen LogP contribution in [0.4, 0.5) is 0 Å². The van der Waals surface area contributed by atoms with Gasteiger partial charge in [-0.1, -0.05) is 61.0 Å². The standard InChI is InChI=1S/C22H31NO2/c23-22(17-24,18-25)16-15-21-13-11-20(12-14-21)10-6-2-5-9-19-7-3-1-4-8-19/h1,3-4,7-8,11-14,24-25H,2,5-6,9-10,15-18,23H2. The monoisotopic (exact) mass is 341 g/mol. The van der Waals surface area contributed by atoms with Crippen LogP contribution in [0, 0.1) is 0 Å². The van der Waals surface area contributed by atoms with Crippen molar-refractivity contribution in [3.63, 3.8) is 0 Å². The predicted molar refractivity (Wildman–Crippen MR) is 104 cm³/mol. The summed E-state index contributed by atoms with van der Waals surface area (Å²) in [5.74, 6) is 0. The van der Waals surface area contributed by atoms with Crippen LogP contribution in [0.2, 0.25) is 0 Å². The maximum absolute atomic E-state index is 9.24. The van der Waals surface area contributed by atoms with Crippen LogP contribution in [0.1, 0.15) is 42.4 Å². The largest absolute Gasteiger partial charge is 0.394 e. The lowest BCUT2D eigenvalue weighted by atomic mass is 9.93. The van der Waals surface area contributed by atoms with Crippen LogP contribution in [0.5, 0.6) is 0 Å². The summed E-state index contributed by atoms with van der Waals surface area (Å²) in [4.78, 5) is 0. The van der Waals surface area contributed by atoms with Crippen molar-refractivity contribution in [3.8, 4) is 0 Å². The van der Waals surface area contributed by atoms with E-state index in [4.69, 9.17) is 5.73 Å². The first kappa shape index (κ1) is 19.6. The summed E-state index contributed by atoms with van der Waals surface area (Å²) in [6.45, 7) is -0.380. The first-order chi connectivity index (χ1) is 12.1. The highest BCUT2D eigenvalue weighted by Crippen LogP contribution is 2.14. The van der Waals surface area contributed by atoms with Gasteiger partial charge in [0.15, 0.2) is 0 Å². The lowest BCUT2D eigenvalue weighted by molar-refractivity contribution is 0.115. The van der Waals surface area contributed by atoms with Crippen molar-refractivity contribution in [2.45, 2.75) is 50.5 Å². The summed E-state index contributed by atoms with van der Waals surface area (Å²) in [5, 5.41) is 18.5. The van der Waals surface area contributed by atoms with Crippen molar-refractivity contribution in [2.24, 2.45) is 5.73 Å². The van der Waals surface area contributed by atoms with E-state index >= 15 is 0 Å². The van der Waals surface area contributed by atoms with E-state index in [1.54, 1.807) is 0 Å². The number of aryl methyl sites for hydroxylation is 3. The van der Waals surface area contributed by atoms with Gasteiger partial charge >= 0.3 is 0 Å². The first-order valence-corrected chi connectivity index (χ1v) is 9.27. The molecule has 0 saturated heterocycles. The van der Waals surface area contributed by atoms with Crippen molar-refractivity contribution in [3.05, 3.63) is 71.3 Å². The molecule has 0 heterocycles. The molecule has 3 heteroatoms. The number of benzene rings is 2. The minimum absolute atomic E-state index is 0.190. The highest BCUT2D eigenvalue weighted by atomic mass is 16.3. The number of nitrogens with two attached hydrogens (primary N) is 1. The van der Waals surface area contributed by atoms with Gasteiger partial charge in [-0.2, -0.15) is 0 Å². The molecule has 0 aliphatic rings. The molecule has 0 radical (unpaired) electrons. The zero-order chi connectivity index (χ0) is 18.0. The molecule has 0 bridgehead atoms. The summed E-state index contributed by atoms with van der Waals surface area (Å²) < 4.78 is 0. The average Bonchev–Trinajstić information content (AvgIpc) is 2.67. The quantitative estimate of drug-likeness (QED) is 0.550. The van der Waals surface area contributed by atoms with Gasteiger partial charge in [0.1, 0.15) is 0 Å². The molecule has 0 spiro atoms. The average molecular weight is 341 g/mol. The fraction of sp³-hybridized carbons (Fsp3) is 0.455. The molecule has 0 aliphatic carbocycles. The third-order valence-electron chi connectivity index (χ3n) is 4.84. The molecule has 4 N–H and O–H groups in total. The molecule has 0 unspecified atom stereocenters. The van der Waals surface area contributed by atoms with Crippen molar-refractivity contribution in [1.82, 2.24) is 0 Å². The Bertz CT molecular complexity index is 591. The van der Waals surface area contributed by atoms with Crippen molar-refractivity contribution >= 4 is 0 Å². The lowest BCUT2D eigenvalue weighted by Crippen LogP contribution is -2.47. The van der Waals surface area contributed by atoms with Gasteiger partial charge < -0.3 is 15.9 Å². The van der Waals surface area contributed by atoms with Crippen LogP contribution in [-0.2, 0) is 19.3 Å². The number of rotatable bonds is 11. The van der Waals surface area contributed by atoms with E-state index in [2.05, 4.69) is 54.6 Å². The van der Waals surface area contributed by atoms with Gasteiger partial charge in [-0.05, 0) is 55.2 Å². The molecule has 25 heavy (non-hydrogen) atoms. The van der Waals surface area contributed by atoms with Crippen LogP contribution in [0.3, 0.4) is 0 Å². The normalized spacial score (nSPS) is 11.6. The Balaban J connectivity index is 1.66. The molecule has 0 amide bonds. The summed E-state index contributed by atoms with van der Waals surface area (Å²) in [5.41, 5.74) is 9.02. The Hall–Kier alpha value is -1.68. The van der Waals surface area contributed by atoms with E-state index in [0.29, 0.717) is 6.42 Å². The number of aliphatic hydroxyl groups is 2. The van der Waals surface area contributed by atoms with Crippen LogP contribution in [-0.4, -0.2) is 29.0 Å². The minimum atomic E-state index is -0.878. The van der Waals surface area contributed by atoms with Gasteiger partial charge in [0.25, 0.3) is 0 Å². The van der Waals surface area contributed by atoms with E-state index in [-0.39, 0.29) is 13.2 Å². The zero-order valence-electron chi connectivity index (χ0n) is 15.0. The number of hydrogen-bond acceptors (Lipinski definition) is 3. The molecule has 0 fully saturated rings. The molecule has 0 aromatic heterocycles. The molecular weight excluding hydrogens is 310 g/mol. The van der Waals surface area contributed by atoms with Crippen molar-refractivity contribution in [1.29, 1.82) is 0 Å². The smallest absolute Gasteiger partial charge is 0.0633 e. The van der Waals surface area contributed by atoms with Crippen LogP contribution in [0.15, 0.2) is 54.6 Å². The summed E-state index contributed by atoms with van der Waals surface area (Å²) in [6, 6.07) is 19.3. The van der Waals surface area contributed by atoms with Crippen molar-refractivity contribution in [2.75, 3.05) is 13.2 Å².